The van der Waals surface area contributed by atoms with E-state index < -0.39 is 0 Å². The molecule has 1 N–H and O–H groups in total. The van der Waals surface area contributed by atoms with Crippen molar-refractivity contribution in [3.05, 3.63) is 70.7 Å². The first-order valence-electron chi connectivity index (χ1n) is 9.19. The second-order valence-corrected chi connectivity index (χ2v) is 7.07. The number of carbonyl (C=O) groups is 1. The summed E-state index contributed by atoms with van der Waals surface area (Å²) in [6.07, 6.45) is 0. The van der Waals surface area contributed by atoms with Crippen molar-refractivity contribution in [2.24, 2.45) is 0 Å². The number of carbonyl (C=O) groups excluding carboxylic acids is 1. The van der Waals surface area contributed by atoms with Gasteiger partial charge in [0.2, 0.25) is 5.89 Å². The van der Waals surface area contributed by atoms with Crippen LogP contribution in [0.1, 0.15) is 15.9 Å². The number of hydrogen-bond donors (Lipinski definition) is 1. The summed E-state index contributed by atoms with van der Waals surface area (Å²) in [5.41, 5.74) is 4.06. The van der Waals surface area contributed by atoms with E-state index in [1.54, 1.807) is 43.5 Å². The van der Waals surface area contributed by atoms with Gasteiger partial charge in [0, 0.05) is 21.8 Å². The van der Waals surface area contributed by atoms with Crippen LogP contribution in [0, 0.1) is 6.92 Å². The molecule has 0 radical (unpaired) electrons. The molecule has 7 heteroatoms. The van der Waals surface area contributed by atoms with Gasteiger partial charge in [0.05, 0.1) is 14.2 Å². The first kappa shape index (κ1) is 19.8. The standard InChI is InChI=1S/C23H19ClN2O4/c1-13-16(23-26-18-12-15(24)8-10-19(18)30-23)5-4-6-17(13)25-22(27)14-7-9-20(28-2)21(11-14)29-3/h4-12H,1-3H3,(H,25,27). The predicted octanol–water partition coefficient (Wildman–Crippen LogP) is 5.73. The van der Waals surface area contributed by atoms with Crippen LogP contribution in [0.5, 0.6) is 11.5 Å². The SMILES string of the molecule is COc1ccc(C(=O)Nc2cccc(-c3nc4cc(Cl)ccc4o3)c2C)cc1OC. The molecule has 3 aromatic carbocycles. The molecular weight excluding hydrogens is 404 g/mol. The fraction of sp³-hybridized carbons (Fsp3) is 0.130. The number of methoxy groups -OCH3 is 2. The number of halogens is 1. The van der Waals surface area contributed by atoms with Gasteiger partial charge in [0.1, 0.15) is 5.52 Å². The molecule has 1 heterocycles. The van der Waals surface area contributed by atoms with E-state index in [0.717, 1.165) is 11.1 Å². The second-order valence-electron chi connectivity index (χ2n) is 6.63. The lowest BCUT2D eigenvalue weighted by Gasteiger charge is -2.12. The Hall–Kier alpha value is -3.51. The molecule has 0 saturated carbocycles. The summed E-state index contributed by atoms with van der Waals surface area (Å²) in [4.78, 5) is 17.3. The second kappa shape index (κ2) is 8.08. The number of hydrogen-bond acceptors (Lipinski definition) is 5. The van der Waals surface area contributed by atoms with Crippen molar-refractivity contribution >= 4 is 34.3 Å². The van der Waals surface area contributed by atoms with Crippen LogP contribution in [-0.4, -0.2) is 25.1 Å². The summed E-state index contributed by atoms with van der Waals surface area (Å²) in [5, 5.41) is 3.54. The minimum atomic E-state index is -0.263. The highest BCUT2D eigenvalue weighted by atomic mass is 35.5. The molecule has 0 aliphatic carbocycles. The minimum absolute atomic E-state index is 0.263. The first-order valence-corrected chi connectivity index (χ1v) is 9.57. The topological polar surface area (TPSA) is 73.6 Å². The number of fused-ring (bicyclic) bond motifs is 1. The maximum absolute atomic E-state index is 12.8. The van der Waals surface area contributed by atoms with Crippen LogP contribution >= 0.6 is 11.6 Å². The lowest BCUT2D eigenvalue weighted by atomic mass is 10.1. The van der Waals surface area contributed by atoms with Crippen molar-refractivity contribution in [2.75, 3.05) is 19.5 Å². The Kier molecular flexibility index (Phi) is 5.33. The molecule has 30 heavy (non-hydrogen) atoms. The van der Waals surface area contributed by atoms with E-state index in [1.165, 1.54) is 7.11 Å². The minimum Gasteiger partial charge on any atom is -0.493 e. The fourth-order valence-electron chi connectivity index (χ4n) is 3.19. The van der Waals surface area contributed by atoms with Gasteiger partial charge in [-0.1, -0.05) is 17.7 Å². The highest BCUT2D eigenvalue weighted by molar-refractivity contribution is 6.31. The number of rotatable bonds is 5. The molecule has 6 nitrogen and oxygen atoms in total. The molecule has 0 unspecified atom stereocenters. The van der Waals surface area contributed by atoms with Crippen LogP contribution in [0.2, 0.25) is 5.02 Å². The maximum atomic E-state index is 12.8. The number of nitrogens with one attached hydrogen (secondary N) is 1. The molecule has 4 aromatic rings. The van der Waals surface area contributed by atoms with Gasteiger partial charge in [0.15, 0.2) is 17.1 Å². The number of anilines is 1. The van der Waals surface area contributed by atoms with Crippen LogP contribution in [0.4, 0.5) is 5.69 Å². The number of benzene rings is 3. The zero-order valence-electron chi connectivity index (χ0n) is 16.7. The summed E-state index contributed by atoms with van der Waals surface area (Å²) in [7, 11) is 3.08. The zero-order chi connectivity index (χ0) is 21.3. The maximum Gasteiger partial charge on any atom is 0.255 e. The van der Waals surface area contributed by atoms with E-state index >= 15 is 0 Å². The predicted molar refractivity (Wildman–Crippen MR) is 117 cm³/mol. The van der Waals surface area contributed by atoms with Gasteiger partial charge in [-0.3, -0.25) is 4.79 Å². The quantitative estimate of drug-likeness (QED) is 0.444. The van der Waals surface area contributed by atoms with E-state index in [4.69, 9.17) is 25.5 Å². The third-order valence-electron chi connectivity index (χ3n) is 4.81. The molecule has 0 bridgehead atoms. The van der Waals surface area contributed by atoms with Crippen molar-refractivity contribution in [3.63, 3.8) is 0 Å². The van der Waals surface area contributed by atoms with Crippen LogP contribution in [0.25, 0.3) is 22.6 Å². The Labute approximate surface area is 178 Å². The van der Waals surface area contributed by atoms with Gasteiger partial charge >= 0.3 is 0 Å². The smallest absolute Gasteiger partial charge is 0.255 e. The molecule has 0 fully saturated rings. The molecule has 1 aromatic heterocycles. The third kappa shape index (κ3) is 3.69. The van der Waals surface area contributed by atoms with E-state index in [0.29, 0.717) is 44.8 Å². The van der Waals surface area contributed by atoms with Crippen LogP contribution < -0.4 is 14.8 Å². The molecule has 0 aliphatic heterocycles. The van der Waals surface area contributed by atoms with Crippen molar-refractivity contribution in [2.45, 2.75) is 6.92 Å². The summed E-state index contributed by atoms with van der Waals surface area (Å²) < 4.78 is 16.4. The van der Waals surface area contributed by atoms with Crippen molar-refractivity contribution in [1.82, 2.24) is 4.98 Å². The van der Waals surface area contributed by atoms with Crippen molar-refractivity contribution < 1.29 is 18.7 Å². The Balaban J connectivity index is 1.65. The van der Waals surface area contributed by atoms with Gasteiger partial charge in [0.25, 0.3) is 5.91 Å². The van der Waals surface area contributed by atoms with Crippen LogP contribution in [-0.2, 0) is 0 Å². The highest BCUT2D eigenvalue weighted by Crippen LogP contribution is 2.32. The average molecular weight is 423 g/mol. The van der Waals surface area contributed by atoms with Crippen LogP contribution in [0.3, 0.4) is 0 Å². The van der Waals surface area contributed by atoms with Gasteiger partial charge in [-0.2, -0.15) is 0 Å². The van der Waals surface area contributed by atoms with Gasteiger partial charge in [-0.15, -0.1) is 0 Å². The lowest BCUT2D eigenvalue weighted by Crippen LogP contribution is -2.13. The lowest BCUT2D eigenvalue weighted by molar-refractivity contribution is 0.102. The highest BCUT2D eigenvalue weighted by Gasteiger charge is 2.16. The first-order chi connectivity index (χ1) is 14.5. The van der Waals surface area contributed by atoms with Crippen LogP contribution in [0.15, 0.2) is 59.0 Å². The van der Waals surface area contributed by atoms with E-state index in [2.05, 4.69) is 10.3 Å². The number of ether oxygens (including phenoxy) is 2. The summed E-state index contributed by atoms with van der Waals surface area (Å²) in [6.45, 7) is 1.90. The fourth-order valence-corrected chi connectivity index (χ4v) is 3.36. The largest absolute Gasteiger partial charge is 0.493 e. The van der Waals surface area contributed by atoms with Crippen molar-refractivity contribution in [3.8, 4) is 23.0 Å². The Morgan fingerprint density at radius 2 is 1.83 bits per heavy atom. The van der Waals surface area contributed by atoms with E-state index in [9.17, 15) is 4.79 Å². The summed E-state index contributed by atoms with van der Waals surface area (Å²) >= 11 is 6.04. The summed E-state index contributed by atoms with van der Waals surface area (Å²) in [5.74, 6) is 1.25. The Bertz CT molecular complexity index is 1250. The molecule has 4 rings (SSSR count). The molecule has 0 aliphatic rings. The van der Waals surface area contributed by atoms with E-state index in [-0.39, 0.29) is 5.91 Å². The molecule has 0 spiro atoms. The van der Waals surface area contributed by atoms with Gasteiger partial charge in [-0.05, 0) is 61.0 Å². The Morgan fingerprint density at radius 1 is 1.03 bits per heavy atom. The Morgan fingerprint density at radius 3 is 2.60 bits per heavy atom. The monoisotopic (exact) mass is 422 g/mol. The molecular formula is C23H19ClN2O4. The number of oxazole rings is 1. The zero-order valence-corrected chi connectivity index (χ0v) is 17.4. The molecule has 0 atom stereocenters. The van der Waals surface area contributed by atoms with E-state index in [1.807, 2.05) is 25.1 Å². The normalized spacial score (nSPS) is 10.8. The number of nitrogens with zero attached hydrogens (tertiary/aromatic N) is 1. The van der Waals surface area contributed by atoms with Crippen molar-refractivity contribution in [1.29, 1.82) is 0 Å². The third-order valence-corrected chi connectivity index (χ3v) is 5.04. The molecule has 1 amide bonds. The number of aromatic nitrogens is 1. The molecule has 0 saturated heterocycles. The van der Waals surface area contributed by atoms with Gasteiger partial charge < -0.3 is 19.2 Å². The number of amides is 1. The average Bonchev–Trinajstić information content (AvgIpc) is 3.17. The van der Waals surface area contributed by atoms with Gasteiger partial charge in [-0.25, -0.2) is 4.98 Å². The molecule has 152 valence electrons. The summed E-state index contributed by atoms with van der Waals surface area (Å²) in [6, 6.07) is 15.9.